The minimum Gasteiger partial charge on any atom is -0.465 e. The number of hydrogen-bond acceptors (Lipinski definition) is 3. The summed E-state index contributed by atoms with van der Waals surface area (Å²) in [6.45, 7) is 1.67. The summed E-state index contributed by atoms with van der Waals surface area (Å²) in [5.41, 5.74) is 6.65. The maximum atomic E-state index is 11.7. The largest absolute Gasteiger partial charge is 0.465 e. The molecule has 0 saturated heterocycles. The molecular weight excluding hydrogens is 358 g/mol. The molecule has 4 heteroatoms. The van der Waals surface area contributed by atoms with Crippen molar-refractivity contribution in [3.05, 3.63) is 88.4 Å². The minimum atomic E-state index is -0.373. The van der Waals surface area contributed by atoms with E-state index in [1.54, 1.807) is 12.1 Å². The van der Waals surface area contributed by atoms with Crippen LogP contribution in [0.4, 0.5) is 5.69 Å². The van der Waals surface area contributed by atoms with Gasteiger partial charge in [0.25, 0.3) is 0 Å². The van der Waals surface area contributed by atoms with E-state index in [1.165, 1.54) is 29.5 Å². The van der Waals surface area contributed by atoms with E-state index < -0.39 is 0 Å². The summed E-state index contributed by atoms with van der Waals surface area (Å²) in [5, 5.41) is 0.588. The van der Waals surface area contributed by atoms with Gasteiger partial charge < -0.3 is 9.64 Å². The maximum absolute atomic E-state index is 11.7. The van der Waals surface area contributed by atoms with Crippen LogP contribution in [0, 0.1) is 0 Å². The quantitative estimate of drug-likeness (QED) is 0.573. The summed E-state index contributed by atoms with van der Waals surface area (Å²) in [4.78, 5) is 14.0. The van der Waals surface area contributed by atoms with E-state index in [9.17, 15) is 4.79 Å². The number of anilines is 1. The van der Waals surface area contributed by atoms with Crippen LogP contribution < -0.4 is 4.90 Å². The Morgan fingerprint density at radius 3 is 2.63 bits per heavy atom. The fraction of sp³-hybridized carbons (Fsp3) is 0.174. The maximum Gasteiger partial charge on any atom is 0.337 e. The van der Waals surface area contributed by atoms with Crippen LogP contribution >= 0.6 is 11.6 Å². The molecule has 3 aromatic carbocycles. The van der Waals surface area contributed by atoms with Gasteiger partial charge in [0, 0.05) is 23.8 Å². The highest BCUT2D eigenvalue weighted by molar-refractivity contribution is 6.31. The molecule has 0 aliphatic carbocycles. The number of nitrogens with zero attached hydrogens (tertiary/aromatic N) is 1. The Bertz CT molecular complexity index is 985. The van der Waals surface area contributed by atoms with E-state index in [-0.39, 0.29) is 5.97 Å². The number of halogens is 1. The highest BCUT2D eigenvalue weighted by Gasteiger charge is 2.23. The lowest BCUT2D eigenvalue weighted by Gasteiger charge is -2.21. The molecule has 0 saturated carbocycles. The van der Waals surface area contributed by atoms with Crippen molar-refractivity contribution in [2.75, 3.05) is 18.6 Å². The zero-order valence-corrected chi connectivity index (χ0v) is 15.9. The number of rotatable bonds is 4. The van der Waals surface area contributed by atoms with Gasteiger partial charge in [-0.25, -0.2) is 4.79 Å². The molecular formula is C23H20ClNO2. The standard InChI is InChI=1S/C23H20ClNO2/c1-27-23(26)17-10-11-18(21(24)14-17)15-25-13-12-20-19(8-5-9-22(20)25)16-6-3-2-4-7-16/h2-11,14H,12-13,15H2,1H3. The van der Waals surface area contributed by atoms with Gasteiger partial charge in [-0.3, -0.25) is 0 Å². The highest BCUT2D eigenvalue weighted by Crippen LogP contribution is 2.37. The lowest BCUT2D eigenvalue weighted by atomic mass is 9.98. The topological polar surface area (TPSA) is 29.5 Å². The van der Waals surface area contributed by atoms with Crippen molar-refractivity contribution in [3.63, 3.8) is 0 Å². The summed E-state index contributed by atoms with van der Waals surface area (Å²) >= 11 is 6.43. The Labute approximate surface area is 164 Å². The molecule has 1 aliphatic rings. The third-order valence-electron chi connectivity index (χ3n) is 5.04. The average molecular weight is 378 g/mol. The predicted octanol–water partition coefficient (Wildman–Crippen LogP) is 5.36. The Kier molecular flexibility index (Phi) is 4.87. The molecule has 4 rings (SSSR count). The smallest absolute Gasteiger partial charge is 0.337 e. The number of hydrogen-bond donors (Lipinski definition) is 0. The van der Waals surface area contributed by atoms with Crippen LogP contribution in [0.5, 0.6) is 0 Å². The van der Waals surface area contributed by atoms with Crippen LogP contribution in [-0.4, -0.2) is 19.6 Å². The van der Waals surface area contributed by atoms with Gasteiger partial charge in [0.15, 0.2) is 0 Å². The molecule has 0 N–H and O–H groups in total. The van der Waals surface area contributed by atoms with Gasteiger partial charge in [-0.2, -0.15) is 0 Å². The lowest BCUT2D eigenvalue weighted by molar-refractivity contribution is 0.0600. The number of fused-ring (bicyclic) bond motifs is 1. The molecule has 0 atom stereocenters. The first-order valence-corrected chi connectivity index (χ1v) is 9.34. The fourth-order valence-corrected chi connectivity index (χ4v) is 3.92. The van der Waals surface area contributed by atoms with Gasteiger partial charge in [0.05, 0.1) is 12.7 Å². The highest BCUT2D eigenvalue weighted by atomic mass is 35.5. The third-order valence-corrected chi connectivity index (χ3v) is 5.40. The Balaban J connectivity index is 1.62. The fourth-order valence-electron chi connectivity index (χ4n) is 3.68. The van der Waals surface area contributed by atoms with Gasteiger partial charge in [-0.15, -0.1) is 0 Å². The first-order valence-electron chi connectivity index (χ1n) is 8.96. The molecule has 0 spiro atoms. The molecule has 3 aromatic rings. The second kappa shape index (κ2) is 7.45. The number of benzene rings is 3. The number of carbonyl (C=O) groups excluding carboxylic acids is 1. The van der Waals surface area contributed by atoms with E-state index in [0.29, 0.717) is 17.1 Å². The Hall–Kier alpha value is -2.78. The molecule has 1 aliphatic heterocycles. The zero-order valence-electron chi connectivity index (χ0n) is 15.1. The monoisotopic (exact) mass is 377 g/mol. The van der Waals surface area contributed by atoms with Crippen molar-refractivity contribution >= 4 is 23.3 Å². The summed E-state index contributed by atoms with van der Waals surface area (Å²) in [5.74, 6) is -0.373. The Morgan fingerprint density at radius 2 is 1.89 bits per heavy atom. The van der Waals surface area contributed by atoms with E-state index in [0.717, 1.165) is 18.5 Å². The molecule has 136 valence electrons. The summed E-state index contributed by atoms with van der Waals surface area (Å²) in [6.07, 6.45) is 1.01. The molecule has 0 aromatic heterocycles. The van der Waals surface area contributed by atoms with Gasteiger partial charge in [0.2, 0.25) is 0 Å². The SMILES string of the molecule is COC(=O)c1ccc(CN2CCc3c(-c4ccccc4)cccc32)c(Cl)c1. The van der Waals surface area contributed by atoms with Gasteiger partial charge >= 0.3 is 5.97 Å². The van der Waals surface area contributed by atoms with Gasteiger partial charge in [0.1, 0.15) is 0 Å². The molecule has 3 nitrogen and oxygen atoms in total. The zero-order chi connectivity index (χ0) is 18.8. The van der Waals surface area contributed by atoms with Gasteiger partial charge in [-0.05, 0) is 46.9 Å². The predicted molar refractivity (Wildman–Crippen MR) is 109 cm³/mol. The van der Waals surface area contributed by atoms with Crippen molar-refractivity contribution in [1.82, 2.24) is 0 Å². The summed E-state index contributed by atoms with van der Waals surface area (Å²) in [6, 6.07) is 22.3. The molecule has 0 radical (unpaired) electrons. The van der Waals surface area contributed by atoms with Crippen LogP contribution in [0.1, 0.15) is 21.5 Å². The van der Waals surface area contributed by atoms with Crippen molar-refractivity contribution in [1.29, 1.82) is 0 Å². The molecule has 0 amide bonds. The van der Waals surface area contributed by atoms with Crippen LogP contribution in [-0.2, 0) is 17.7 Å². The van der Waals surface area contributed by atoms with Gasteiger partial charge in [-0.1, -0.05) is 60.1 Å². The van der Waals surface area contributed by atoms with Crippen molar-refractivity contribution < 1.29 is 9.53 Å². The van der Waals surface area contributed by atoms with E-state index >= 15 is 0 Å². The second-order valence-electron chi connectivity index (χ2n) is 6.64. The van der Waals surface area contributed by atoms with E-state index in [2.05, 4.69) is 47.4 Å². The van der Waals surface area contributed by atoms with Crippen LogP contribution in [0.25, 0.3) is 11.1 Å². The number of ether oxygens (including phenoxy) is 1. The van der Waals surface area contributed by atoms with Crippen LogP contribution in [0.15, 0.2) is 66.7 Å². The van der Waals surface area contributed by atoms with Crippen molar-refractivity contribution in [2.45, 2.75) is 13.0 Å². The second-order valence-corrected chi connectivity index (χ2v) is 7.05. The molecule has 27 heavy (non-hydrogen) atoms. The number of esters is 1. The first-order chi connectivity index (χ1) is 13.2. The lowest BCUT2D eigenvalue weighted by Crippen LogP contribution is -2.20. The molecule has 0 fully saturated rings. The Morgan fingerprint density at radius 1 is 1.07 bits per heavy atom. The van der Waals surface area contributed by atoms with E-state index in [1.807, 2.05) is 12.1 Å². The van der Waals surface area contributed by atoms with Crippen LogP contribution in [0.3, 0.4) is 0 Å². The van der Waals surface area contributed by atoms with E-state index in [4.69, 9.17) is 16.3 Å². The first kappa shape index (κ1) is 17.6. The molecule has 0 bridgehead atoms. The van der Waals surface area contributed by atoms with Crippen molar-refractivity contribution in [2.24, 2.45) is 0 Å². The average Bonchev–Trinajstić information content (AvgIpc) is 3.12. The van der Waals surface area contributed by atoms with Crippen molar-refractivity contribution in [3.8, 4) is 11.1 Å². The summed E-state index contributed by atoms with van der Waals surface area (Å²) in [7, 11) is 1.37. The normalized spacial score (nSPS) is 12.7. The molecule has 1 heterocycles. The van der Waals surface area contributed by atoms with Crippen LogP contribution in [0.2, 0.25) is 5.02 Å². The minimum absolute atomic E-state index is 0.373. The summed E-state index contributed by atoms with van der Waals surface area (Å²) < 4.78 is 4.76. The third kappa shape index (κ3) is 3.43. The number of methoxy groups -OCH3 is 1. The molecule has 0 unspecified atom stereocenters. The number of carbonyl (C=O) groups is 1.